The second-order valence-electron chi connectivity index (χ2n) is 6.32. The van der Waals surface area contributed by atoms with Crippen molar-refractivity contribution in [3.8, 4) is 0 Å². The molecule has 0 aromatic carbocycles. The van der Waals surface area contributed by atoms with Gasteiger partial charge in [0, 0.05) is 6.42 Å². The van der Waals surface area contributed by atoms with E-state index in [9.17, 15) is 4.79 Å². The lowest BCUT2D eigenvalue weighted by Crippen LogP contribution is -2.53. The third-order valence-electron chi connectivity index (χ3n) is 4.59. The molecule has 1 amide bonds. The maximum absolute atomic E-state index is 12.5. The highest BCUT2D eigenvalue weighted by molar-refractivity contribution is 5.77. The standard InChI is InChI=1S/C15H28N2O2/c1-11(14-5-4-6-16-8-14)7-15(18)17-12(2)9-19-10-13(17)3/h11-14,16H,4-10H2,1-3H3/t11-,12-,13+,14+/m1/s1. The highest BCUT2D eigenvalue weighted by Crippen LogP contribution is 2.25. The summed E-state index contributed by atoms with van der Waals surface area (Å²) in [5, 5.41) is 3.44. The zero-order chi connectivity index (χ0) is 13.8. The maximum Gasteiger partial charge on any atom is 0.223 e. The van der Waals surface area contributed by atoms with E-state index in [2.05, 4.69) is 26.1 Å². The van der Waals surface area contributed by atoms with E-state index in [1.807, 2.05) is 4.90 Å². The number of amides is 1. The van der Waals surface area contributed by atoms with Gasteiger partial charge >= 0.3 is 0 Å². The van der Waals surface area contributed by atoms with Gasteiger partial charge in [0.15, 0.2) is 0 Å². The van der Waals surface area contributed by atoms with Gasteiger partial charge in [0.1, 0.15) is 0 Å². The summed E-state index contributed by atoms with van der Waals surface area (Å²) in [6, 6.07) is 0.431. The predicted octanol–water partition coefficient (Wildman–Crippen LogP) is 1.65. The summed E-state index contributed by atoms with van der Waals surface area (Å²) in [5.74, 6) is 1.44. The minimum Gasteiger partial charge on any atom is -0.377 e. The summed E-state index contributed by atoms with van der Waals surface area (Å²) >= 11 is 0. The molecule has 1 N–H and O–H groups in total. The van der Waals surface area contributed by atoms with Crippen LogP contribution in [0.1, 0.15) is 40.0 Å². The highest BCUT2D eigenvalue weighted by Gasteiger charge is 2.31. The number of nitrogens with zero attached hydrogens (tertiary/aromatic N) is 1. The van der Waals surface area contributed by atoms with Gasteiger partial charge in [-0.2, -0.15) is 0 Å². The van der Waals surface area contributed by atoms with Crippen LogP contribution in [0.25, 0.3) is 0 Å². The Morgan fingerprint density at radius 1 is 1.37 bits per heavy atom. The molecule has 0 aliphatic carbocycles. The number of carbonyl (C=O) groups is 1. The van der Waals surface area contributed by atoms with Crippen LogP contribution < -0.4 is 5.32 Å². The van der Waals surface area contributed by atoms with Gasteiger partial charge in [-0.3, -0.25) is 4.79 Å². The summed E-state index contributed by atoms with van der Waals surface area (Å²) in [6.45, 7) is 9.95. The topological polar surface area (TPSA) is 41.6 Å². The van der Waals surface area contributed by atoms with Crippen LogP contribution in [0.3, 0.4) is 0 Å². The third kappa shape index (κ3) is 3.69. The van der Waals surface area contributed by atoms with Gasteiger partial charge in [-0.05, 0) is 51.6 Å². The Balaban J connectivity index is 1.88. The number of nitrogens with one attached hydrogen (secondary N) is 1. The molecular weight excluding hydrogens is 240 g/mol. The zero-order valence-corrected chi connectivity index (χ0v) is 12.5. The minimum atomic E-state index is 0.216. The molecule has 2 aliphatic rings. The van der Waals surface area contributed by atoms with Crippen LogP contribution in [-0.4, -0.2) is 49.2 Å². The molecule has 2 fully saturated rings. The molecule has 0 saturated carbocycles. The Morgan fingerprint density at radius 2 is 2.05 bits per heavy atom. The van der Waals surface area contributed by atoms with Crippen molar-refractivity contribution in [3.05, 3.63) is 0 Å². The number of carbonyl (C=O) groups excluding carboxylic acids is 1. The van der Waals surface area contributed by atoms with E-state index in [0.29, 0.717) is 37.4 Å². The molecule has 0 unspecified atom stereocenters. The summed E-state index contributed by atoms with van der Waals surface area (Å²) in [6.07, 6.45) is 3.18. The molecular formula is C15H28N2O2. The monoisotopic (exact) mass is 268 g/mol. The van der Waals surface area contributed by atoms with Gasteiger partial charge < -0.3 is 15.0 Å². The number of hydrogen-bond acceptors (Lipinski definition) is 3. The van der Waals surface area contributed by atoms with Gasteiger partial charge in [-0.15, -0.1) is 0 Å². The van der Waals surface area contributed by atoms with Crippen molar-refractivity contribution in [3.63, 3.8) is 0 Å². The SMILES string of the molecule is C[C@H](CC(=O)N1[C@H](C)COC[C@@H]1C)[C@H]1CCCNC1. The quantitative estimate of drug-likeness (QED) is 0.846. The Bertz CT molecular complexity index is 293. The number of morpholine rings is 1. The van der Waals surface area contributed by atoms with Crippen LogP contribution in [0.2, 0.25) is 0 Å². The van der Waals surface area contributed by atoms with Gasteiger partial charge in [0.05, 0.1) is 25.3 Å². The number of piperidine rings is 1. The van der Waals surface area contributed by atoms with Crippen LogP contribution in [-0.2, 0) is 9.53 Å². The summed E-state index contributed by atoms with van der Waals surface area (Å²) in [4.78, 5) is 14.6. The van der Waals surface area contributed by atoms with E-state index < -0.39 is 0 Å². The van der Waals surface area contributed by atoms with E-state index in [1.54, 1.807) is 0 Å². The minimum absolute atomic E-state index is 0.216. The van der Waals surface area contributed by atoms with Crippen molar-refractivity contribution in [1.29, 1.82) is 0 Å². The van der Waals surface area contributed by atoms with E-state index in [4.69, 9.17) is 4.74 Å². The first-order valence-electron chi connectivity index (χ1n) is 7.69. The maximum atomic E-state index is 12.5. The van der Waals surface area contributed by atoms with Gasteiger partial charge in [-0.1, -0.05) is 6.92 Å². The largest absolute Gasteiger partial charge is 0.377 e. The third-order valence-corrected chi connectivity index (χ3v) is 4.59. The molecule has 0 bridgehead atoms. The molecule has 2 saturated heterocycles. The second-order valence-corrected chi connectivity index (χ2v) is 6.32. The molecule has 0 radical (unpaired) electrons. The summed E-state index contributed by atoms with van der Waals surface area (Å²) in [5.41, 5.74) is 0. The van der Waals surface area contributed by atoms with Crippen LogP contribution >= 0.6 is 0 Å². The van der Waals surface area contributed by atoms with E-state index in [0.717, 1.165) is 13.1 Å². The van der Waals surface area contributed by atoms with Gasteiger partial charge in [0.2, 0.25) is 5.91 Å². The smallest absolute Gasteiger partial charge is 0.223 e. The van der Waals surface area contributed by atoms with Crippen LogP contribution in [0, 0.1) is 11.8 Å². The van der Waals surface area contributed by atoms with Crippen molar-refractivity contribution in [2.75, 3.05) is 26.3 Å². The lowest BCUT2D eigenvalue weighted by atomic mass is 9.85. The highest BCUT2D eigenvalue weighted by atomic mass is 16.5. The number of ether oxygens (including phenoxy) is 1. The molecule has 2 heterocycles. The first-order valence-corrected chi connectivity index (χ1v) is 7.69. The Labute approximate surface area is 116 Å². The molecule has 4 atom stereocenters. The molecule has 0 aromatic heterocycles. The Morgan fingerprint density at radius 3 is 2.63 bits per heavy atom. The fourth-order valence-electron chi connectivity index (χ4n) is 3.41. The van der Waals surface area contributed by atoms with Crippen molar-refractivity contribution in [1.82, 2.24) is 10.2 Å². The molecule has 0 aromatic rings. The molecule has 110 valence electrons. The average molecular weight is 268 g/mol. The molecule has 4 heteroatoms. The predicted molar refractivity (Wildman–Crippen MR) is 76.0 cm³/mol. The Kier molecular flexibility index (Phi) is 5.22. The van der Waals surface area contributed by atoms with E-state index in [-0.39, 0.29) is 12.1 Å². The molecule has 4 nitrogen and oxygen atoms in total. The fraction of sp³-hybridized carbons (Fsp3) is 0.933. The molecule has 2 rings (SSSR count). The fourth-order valence-corrected chi connectivity index (χ4v) is 3.41. The number of hydrogen-bond donors (Lipinski definition) is 1. The van der Waals surface area contributed by atoms with Crippen molar-refractivity contribution >= 4 is 5.91 Å². The van der Waals surface area contributed by atoms with Crippen LogP contribution in [0.5, 0.6) is 0 Å². The summed E-state index contributed by atoms with van der Waals surface area (Å²) in [7, 11) is 0. The second kappa shape index (κ2) is 6.71. The number of rotatable bonds is 3. The van der Waals surface area contributed by atoms with Crippen molar-refractivity contribution in [2.45, 2.75) is 52.1 Å². The normalized spacial score (nSPS) is 34.1. The summed E-state index contributed by atoms with van der Waals surface area (Å²) < 4.78 is 5.49. The first-order chi connectivity index (χ1) is 9.09. The average Bonchev–Trinajstić information content (AvgIpc) is 2.39. The van der Waals surface area contributed by atoms with Gasteiger partial charge in [0.25, 0.3) is 0 Å². The Hall–Kier alpha value is -0.610. The molecule has 2 aliphatic heterocycles. The first kappa shape index (κ1) is 14.8. The van der Waals surface area contributed by atoms with Gasteiger partial charge in [-0.25, -0.2) is 0 Å². The van der Waals surface area contributed by atoms with Crippen molar-refractivity contribution in [2.24, 2.45) is 11.8 Å². The van der Waals surface area contributed by atoms with E-state index >= 15 is 0 Å². The van der Waals surface area contributed by atoms with E-state index in [1.165, 1.54) is 12.8 Å². The van der Waals surface area contributed by atoms with Crippen LogP contribution in [0.4, 0.5) is 0 Å². The molecule has 0 spiro atoms. The lowest BCUT2D eigenvalue weighted by molar-refractivity contribution is -0.145. The van der Waals surface area contributed by atoms with Crippen molar-refractivity contribution < 1.29 is 9.53 Å². The van der Waals surface area contributed by atoms with Crippen LogP contribution in [0.15, 0.2) is 0 Å². The zero-order valence-electron chi connectivity index (χ0n) is 12.5. The molecule has 19 heavy (non-hydrogen) atoms. The lowest BCUT2D eigenvalue weighted by Gasteiger charge is -2.40.